The molecule has 1 aromatic rings. The summed E-state index contributed by atoms with van der Waals surface area (Å²) in [7, 11) is 1.77. The molecule has 4 rings (SSSR count). The molecule has 0 bridgehead atoms. The number of amides is 1. The third kappa shape index (κ3) is 7.68. The molecule has 1 N–H and O–H groups in total. The van der Waals surface area contributed by atoms with Crippen LogP contribution < -0.4 is 10.2 Å². The van der Waals surface area contributed by atoms with Crippen LogP contribution in [0, 0.1) is 11.8 Å². The van der Waals surface area contributed by atoms with Gasteiger partial charge < -0.3 is 15.0 Å². The average molecular weight is 528 g/mol. The zero-order chi connectivity index (χ0) is 27.4. The van der Waals surface area contributed by atoms with Crippen molar-refractivity contribution >= 4 is 11.7 Å². The number of carbonyl (C=O) groups excluding carboxylic acids is 1. The Bertz CT molecular complexity index is 915. The molecule has 7 nitrogen and oxygen atoms in total. The van der Waals surface area contributed by atoms with Gasteiger partial charge in [0.25, 0.3) is 0 Å². The number of nitrogens with zero attached hydrogens (tertiary/aromatic N) is 4. The van der Waals surface area contributed by atoms with Crippen molar-refractivity contribution in [1.29, 1.82) is 0 Å². The van der Waals surface area contributed by atoms with Crippen LogP contribution in [-0.2, 0) is 14.9 Å². The summed E-state index contributed by atoms with van der Waals surface area (Å²) in [6.45, 7) is 17.7. The fraction of sp³-hybridized carbons (Fsp3) is 0.839. The van der Waals surface area contributed by atoms with Crippen LogP contribution in [-0.4, -0.2) is 72.3 Å². The number of anilines is 1. The number of ether oxygens (including phenoxy) is 1. The van der Waals surface area contributed by atoms with Crippen molar-refractivity contribution in [1.82, 2.24) is 20.2 Å². The third-order valence-electron chi connectivity index (χ3n) is 9.07. The molecule has 2 aliphatic carbocycles. The molecule has 0 spiro atoms. The molecule has 1 saturated heterocycles. The topological polar surface area (TPSA) is 70.6 Å². The Kier molecular flexibility index (Phi) is 9.72. The molecular formula is C31H53N5O2. The van der Waals surface area contributed by atoms with Crippen LogP contribution >= 0.6 is 0 Å². The quantitative estimate of drug-likeness (QED) is 0.471. The van der Waals surface area contributed by atoms with E-state index in [0.717, 1.165) is 68.6 Å². The maximum absolute atomic E-state index is 12.4. The Balaban J connectivity index is 1.19. The van der Waals surface area contributed by atoms with Gasteiger partial charge in [0.05, 0.1) is 6.10 Å². The summed E-state index contributed by atoms with van der Waals surface area (Å²) in [6.07, 6.45) is 9.15. The van der Waals surface area contributed by atoms with Crippen LogP contribution in [0.4, 0.5) is 5.82 Å². The minimum Gasteiger partial charge on any atom is -0.381 e. The molecule has 7 heteroatoms. The molecule has 0 aromatic carbocycles. The van der Waals surface area contributed by atoms with E-state index in [-0.39, 0.29) is 11.3 Å². The highest BCUT2D eigenvalue weighted by Crippen LogP contribution is 2.33. The van der Waals surface area contributed by atoms with E-state index in [1.165, 1.54) is 25.8 Å². The summed E-state index contributed by atoms with van der Waals surface area (Å²) < 4.78 is 5.34. The average Bonchev–Trinajstić information content (AvgIpc) is 2.84. The Morgan fingerprint density at radius 1 is 1.11 bits per heavy atom. The molecular weight excluding hydrogens is 474 g/mol. The number of hydrogen-bond donors (Lipinski definition) is 1. The van der Waals surface area contributed by atoms with E-state index >= 15 is 0 Å². The second-order valence-corrected chi connectivity index (χ2v) is 13.7. The van der Waals surface area contributed by atoms with E-state index in [1.807, 2.05) is 0 Å². The summed E-state index contributed by atoms with van der Waals surface area (Å²) in [5.74, 6) is 3.99. The second kappa shape index (κ2) is 12.6. The van der Waals surface area contributed by atoms with E-state index in [9.17, 15) is 4.79 Å². The number of hydrogen-bond acceptors (Lipinski definition) is 6. The zero-order valence-corrected chi connectivity index (χ0v) is 25.1. The predicted molar refractivity (Wildman–Crippen MR) is 155 cm³/mol. The Morgan fingerprint density at radius 2 is 1.82 bits per heavy atom. The van der Waals surface area contributed by atoms with Crippen molar-refractivity contribution in [3.63, 3.8) is 0 Å². The fourth-order valence-electron chi connectivity index (χ4n) is 6.35. The normalized spacial score (nSPS) is 28.8. The van der Waals surface area contributed by atoms with Gasteiger partial charge in [0.15, 0.2) is 0 Å². The molecule has 0 unspecified atom stereocenters. The Hall–Kier alpha value is -1.73. The summed E-state index contributed by atoms with van der Waals surface area (Å²) in [5, 5.41) is 3.32. The van der Waals surface area contributed by atoms with Gasteiger partial charge in [0, 0.05) is 62.4 Å². The predicted octanol–water partition coefficient (Wildman–Crippen LogP) is 5.29. The third-order valence-corrected chi connectivity index (χ3v) is 9.07. The maximum Gasteiger partial charge on any atom is 0.220 e. The van der Waals surface area contributed by atoms with Gasteiger partial charge in [-0.15, -0.1) is 0 Å². The number of methoxy groups -OCH3 is 1. The molecule has 2 heterocycles. The molecule has 3 aliphatic rings. The van der Waals surface area contributed by atoms with Gasteiger partial charge in [0.1, 0.15) is 11.6 Å². The van der Waals surface area contributed by atoms with Gasteiger partial charge in [-0.1, -0.05) is 34.6 Å². The molecule has 38 heavy (non-hydrogen) atoms. The molecule has 2 saturated carbocycles. The van der Waals surface area contributed by atoms with Crippen LogP contribution in [0.2, 0.25) is 0 Å². The lowest BCUT2D eigenvalue weighted by molar-refractivity contribution is -0.125. The highest BCUT2D eigenvalue weighted by Gasteiger charge is 2.32. The van der Waals surface area contributed by atoms with Crippen LogP contribution in [0.25, 0.3) is 0 Å². The zero-order valence-electron chi connectivity index (χ0n) is 25.1. The molecule has 1 aromatic heterocycles. The number of aromatic nitrogens is 2. The first-order valence-corrected chi connectivity index (χ1v) is 15.2. The molecule has 1 amide bonds. The van der Waals surface area contributed by atoms with Gasteiger partial charge in [-0.25, -0.2) is 9.97 Å². The second-order valence-electron chi connectivity index (χ2n) is 13.7. The van der Waals surface area contributed by atoms with Gasteiger partial charge in [0.2, 0.25) is 5.91 Å². The van der Waals surface area contributed by atoms with E-state index in [0.29, 0.717) is 36.4 Å². The van der Waals surface area contributed by atoms with Crippen LogP contribution in [0.1, 0.15) is 110 Å². The highest BCUT2D eigenvalue weighted by molar-refractivity contribution is 5.76. The van der Waals surface area contributed by atoms with Crippen LogP contribution in [0.15, 0.2) is 6.07 Å². The van der Waals surface area contributed by atoms with Crippen molar-refractivity contribution in [2.45, 2.75) is 122 Å². The first kappa shape index (κ1) is 29.3. The number of rotatable bonds is 9. The van der Waals surface area contributed by atoms with Gasteiger partial charge >= 0.3 is 0 Å². The first-order chi connectivity index (χ1) is 18.0. The largest absolute Gasteiger partial charge is 0.381 e. The van der Waals surface area contributed by atoms with Crippen LogP contribution in [0.3, 0.4) is 0 Å². The summed E-state index contributed by atoms with van der Waals surface area (Å²) in [6, 6.07) is 3.03. The van der Waals surface area contributed by atoms with Crippen molar-refractivity contribution in [3.8, 4) is 0 Å². The number of nitrogens with one attached hydrogen (secondary N) is 1. The summed E-state index contributed by atoms with van der Waals surface area (Å²) >= 11 is 0. The van der Waals surface area contributed by atoms with Crippen LogP contribution in [0.5, 0.6) is 0 Å². The van der Waals surface area contributed by atoms with Gasteiger partial charge in [-0.2, -0.15) is 0 Å². The summed E-state index contributed by atoms with van der Waals surface area (Å²) in [4.78, 5) is 27.5. The lowest BCUT2D eigenvalue weighted by Gasteiger charge is -2.41. The summed E-state index contributed by atoms with van der Waals surface area (Å²) in [5.41, 5.74) is 1.08. The minimum atomic E-state index is -0.0587. The molecule has 214 valence electrons. The Labute approximate surface area is 231 Å². The maximum atomic E-state index is 12.4. The highest BCUT2D eigenvalue weighted by atomic mass is 16.5. The van der Waals surface area contributed by atoms with Gasteiger partial charge in [-0.3, -0.25) is 9.69 Å². The monoisotopic (exact) mass is 527 g/mol. The van der Waals surface area contributed by atoms with E-state index in [4.69, 9.17) is 14.7 Å². The molecule has 3 fully saturated rings. The fourth-order valence-corrected chi connectivity index (χ4v) is 6.35. The molecule has 0 radical (unpaired) electrons. The lowest BCUT2D eigenvalue weighted by Crippen LogP contribution is -2.52. The van der Waals surface area contributed by atoms with Crippen molar-refractivity contribution in [3.05, 3.63) is 17.6 Å². The smallest absolute Gasteiger partial charge is 0.220 e. The van der Waals surface area contributed by atoms with E-state index in [1.54, 1.807) is 7.11 Å². The molecule has 1 aliphatic heterocycles. The SMILES string of the molecule is COC1CC(CC(=O)NC2CCC(CCN3CCN(c4cc(C(C)C)nc(C(C)(C)C)n4)[C@@H](C)C3)CC2)C1. The van der Waals surface area contributed by atoms with E-state index < -0.39 is 0 Å². The first-order valence-electron chi connectivity index (χ1n) is 15.2. The lowest BCUT2D eigenvalue weighted by atomic mass is 9.79. The van der Waals surface area contributed by atoms with Crippen molar-refractivity contribution in [2.75, 3.05) is 38.2 Å². The van der Waals surface area contributed by atoms with E-state index in [2.05, 4.69) is 62.7 Å². The molecule has 1 atom stereocenters. The van der Waals surface area contributed by atoms with Gasteiger partial charge in [-0.05, 0) is 76.2 Å². The standard InChI is InChI=1S/C31H53N5O2/c1-21(2)27-19-28(34-30(33-27)31(4,5)6)36-15-14-35(20-22(36)3)13-12-23-8-10-25(11-9-23)32-29(37)18-24-16-26(17-24)38-7/h19,21-26H,8-18,20H2,1-7H3,(H,32,37)/t22-,23?,24?,25?,26?/m0/s1. The Morgan fingerprint density at radius 3 is 2.42 bits per heavy atom. The number of carbonyl (C=O) groups is 1. The minimum absolute atomic E-state index is 0.0587. The van der Waals surface area contributed by atoms with Crippen molar-refractivity contribution in [2.24, 2.45) is 11.8 Å². The number of piperazine rings is 1. The van der Waals surface area contributed by atoms with Crippen molar-refractivity contribution < 1.29 is 9.53 Å².